The van der Waals surface area contributed by atoms with Crippen LogP contribution in [-0.4, -0.2) is 62.4 Å². The number of methoxy groups -OCH3 is 2. The minimum atomic E-state index is -1.08. The molecular formula is C19H26ClNO6. The van der Waals surface area contributed by atoms with Crippen molar-refractivity contribution in [3.05, 3.63) is 22.7 Å². The molecule has 0 spiro atoms. The summed E-state index contributed by atoms with van der Waals surface area (Å²) in [4.78, 5) is 26.1. The summed E-state index contributed by atoms with van der Waals surface area (Å²) in [5.74, 6) is -0.198. The van der Waals surface area contributed by atoms with Crippen molar-refractivity contribution in [1.82, 2.24) is 4.90 Å². The van der Waals surface area contributed by atoms with E-state index in [2.05, 4.69) is 0 Å². The van der Waals surface area contributed by atoms with Crippen LogP contribution in [0.25, 0.3) is 0 Å². The second kappa shape index (κ2) is 8.80. The molecule has 0 saturated carbocycles. The van der Waals surface area contributed by atoms with Gasteiger partial charge in [0, 0.05) is 25.8 Å². The molecule has 1 unspecified atom stereocenters. The second-order valence-corrected chi connectivity index (χ2v) is 7.60. The van der Waals surface area contributed by atoms with Gasteiger partial charge in [-0.25, -0.2) is 0 Å². The van der Waals surface area contributed by atoms with Gasteiger partial charge in [-0.3, -0.25) is 9.59 Å². The molecule has 0 aromatic heterocycles. The molecule has 1 aliphatic heterocycles. The van der Waals surface area contributed by atoms with Crippen LogP contribution in [-0.2, 0) is 9.53 Å². The van der Waals surface area contributed by atoms with E-state index in [9.17, 15) is 14.7 Å². The molecule has 1 amide bonds. The Balaban J connectivity index is 2.24. The molecule has 1 saturated heterocycles. The van der Waals surface area contributed by atoms with Gasteiger partial charge in [0.25, 0.3) is 5.91 Å². The number of aliphatic carboxylic acids is 1. The van der Waals surface area contributed by atoms with Crippen LogP contribution in [0.15, 0.2) is 12.1 Å². The summed E-state index contributed by atoms with van der Waals surface area (Å²) in [6, 6.07) is 3.10. The zero-order valence-corrected chi connectivity index (χ0v) is 16.8. The van der Waals surface area contributed by atoms with Gasteiger partial charge >= 0.3 is 5.97 Å². The average Bonchev–Trinajstić information content (AvgIpc) is 3.05. The lowest BCUT2D eigenvalue weighted by atomic mass is 9.88. The van der Waals surface area contributed by atoms with Crippen LogP contribution in [0.2, 0.25) is 5.02 Å². The lowest BCUT2D eigenvalue weighted by Gasteiger charge is -2.24. The number of hydrogen-bond donors (Lipinski definition) is 1. The molecule has 0 bridgehead atoms. The van der Waals surface area contributed by atoms with Gasteiger partial charge < -0.3 is 24.2 Å². The van der Waals surface area contributed by atoms with Crippen molar-refractivity contribution in [3.8, 4) is 11.5 Å². The fourth-order valence-corrected chi connectivity index (χ4v) is 3.36. The topological polar surface area (TPSA) is 85.3 Å². The van der Waals surface area contributed by atoms with Crippen molar-refractivity contribution in [2.75, 3.05) is 40.5 Å². The Kier molecular flexibility index (Phi) is 6.95. The number of hydrogen-bond acceptors (Lipinski definition) is 5. The number of halogens is 1. The zero-order valence-electron chi connectivity index (χ0n) is 16.1. The molecule has 0 aliphatic carbocycles. The van der Waals surface area contributed by atoms with Gasteiger partial charge in [0.15, 0.2) is 11.5 Å². The number of amides is 1. The van der Waals surface area contributed by atoms with Crippen LogP contribution in [0, 0.1) is 11.3 Å². The highest BCUT2D eigenvalue weighted by molar-refractivity contribution is 6.32. The zero-order chi connectivity index (χ0) is 20.2. The Morgan fingerprint density at radius 2 is 2.04 bits per heavy atom. The van der Waals surface area contributed by atoms with Crippen LogP contribution in [0.4, 0.5) is 0 Å². The van der Waals surface area contributed by atoms with Crippen LogP contribution < -0.4 is 9.47 Å². The predicted molar refractivity (Wildman–Crippen MR) is 101 cm³/mol. The van der Waals surface area contributed by atoms with E-state index in [1.807, 2.05) is 13.8 Å². The number of likely N-dealkylation sites (tertiary alicyclic amines) is 1. The van der Waals surface area contributed by atoms with Gasteiger partial charge in [0.05, 0.1) is 25.3 Å². The summed E-state index contributed by atoms with van der Waals surface area (Å²) in [7, 11) is 2.93. The van der Waals surface area contributed by atoms with Crippen molar-refractivity contribution in [3.63, 3.8) is 0 Å². The van der Waals surface area contributed by atoms with E-state index in [-0.39, 0.29) is 24.1 Å². The summed E-state index contributed by atoms with van der Waals surface area (Å²) in [6.07, 6.45) is 0.336. The Hall–Kier alpha value is -1.99. The number of carboxylic acids is 1. The first-order chi connectivity index (χ1) is 12.7. The van der Waals surface area contributed by atoms with Crippen LogP contribution in [0.1, 0.15) is 30.6 Å². The molecule has 150 valence electrons. The third-order valence-corrected chi connectivity index (χ3v) is 4.83. The number of carbonyl (C=O) groups is 2. The Morgan fingerprint density at radius 3 is 2.59 bits per heavy atom. The lowest BCUT2D eigenvalue weighted by Crippen LogP contribution is -2.40. The summed E-state index contributed by atoms with van der Waals surface area (Å²) in [5, 5.41) is 9.83. The molecule has 1 aliphatic rings. The molecule has 0 radical (unpaired) electrons. The standard InChI is InChI=1S/C19H26ClNO6/c1-12(2)9-27-16-14(20)7-13(8-15(16)26-4)17(22)21-6-5-19(10-21,11-25-3)18(23)24/h7-8,12H,5-6,9-11H2,1-4H3,(H,23,24). The minimum absolute atomic E-state index is 0.0537. The molecule has 8 heteroatoms. The molecule has 1 heterocycles. The molecular weight excluding hydrogens is 374 g/mol. The van der Waals surface area contributed by atoms with Gasteiger partial charge in [-0.1, -0.05) is 25.4 Å². The largest absolute Gasteiger partial charge is 0.493 e. The minimum Gasteiger partial charge on any atom is -0.493 e. The van der Waals surface area contributed by atoms with Crippen LogP contribution >= 0.6 is 11.6 Å². The highest BCUT2D eigenvalue weighted by atomic mass is 35.5. The summed E-state index contributed by atoms with van der Waals surface area (Å²) >= 11 is 6.31. The second-order valence-electron chi connectivity index (χ2n) is 7.19. The van der Waals surface area contributed by atoms with E-state index in [4.69, 9.17) is 25.8 Å². The van der Waals surface area contributed by atoms with Crippen molar-refractivity contribution in [1.29, 1.82) is 0 Å². The van der Waals surface area contributed by atoms with Crippen molar-refractivity contribution in [2.24, 2.45) is 11.3 Å². The monoisotopic (exact) mass is 399 g/mol. The smallest absolute Gasteiger partial charge is 0.313 e. The number of benzene rings is 1. The number of carboxylic acid groups (broad SMARTS) is 1. The molecule has 7 nitrogen and oxygen atoms in total. The quantitative estimate of drug-likeness (QED) is 0.723. The van der Waals surface area contributed by atoms with E-state index in [1.54, 1.807) is 6.07 Å². The predicted octanol–water partition coefficient (Wildman–Crippen LogP) is 2.95. The normalized spacial score (nSPS) is 19.4. The van der Waals surface area contributed by atoms with Gasteiger partial charge in [0.1, 0.15) is 5.41 Å². The summed E-state index contributed by atoms with van der Waals surface area (Å²) < 4.78 is 16.1. The summed E-state index contributed by atoms with van der Waals surface area (Å²) in [5.41, 5.74) is -0.758. The van der Waals surface area contributed by atoms with Gasteiger partial charge in [-0.15, -0.1) is 0 Å². The Bertz CT molecular complexity index is 708. The van der Waals surface area contributed by atoms with Gasteiger partial charge in [-0.05, 0) is 24.5 Å². The Morgan fingerprint density at radius 1 is 1.33 bits per heavy atom. The van der Waals surface area contributed by atoms with E-state index >= 15 is 0 Å². The first-order valence-electron chi connectivity index (χ1n) is 8.76. The molecule has 1 aromatic carbocycles. The molecule has 1 atom stereocenters. The fourth-order valence-electron chi connectivity index (χ4n) is 3.09. The Labute approximate surface area is 164 Å². The number of nitrogens with zero attached hydrogens (tertiary/aromatic N) is 1. The lowest BCUT2D eigenvalue weighted by molar-refractivity contribution is -0.151. The van der Waals surface area contributed by atoms with E-state index in [0.29, 0.717) is 42.6 Å². The molecule has 2 rings (SSSR count). The number of carbonyl (C=O) groups excluding carboxylic acids is 1. The maximum absolute atomic E-state index is 12.9. The highest BCUT2D eigenvalue weighted by Crippen LogP contribution is 2.38. The molecule has 27 heavy (non-hydrogen) atoms. The first kappa shape index (κ1) is 21.3. The van der Waals surface area contributed by atoms with Gasteiger partial charge in [0.2, 0.25) is 0 Å². The molecule has 1 fully saturated rings. The number of ether oxygens (including phenoxy) is 3. The van der Waals surface area contributed by atoms with E-state index < -0.39 is 11.4 Å². The van der Waals surface area contributed by atoms with E-state index in [0.717, 1.165) is 0 Å². The summed E-state index contributed by atoms with van der Waals surface area (Å²) in [6.45, 7) is 4.97. The SMILES string of the molecule is COCC1(C(=O)O)CCN(C(=O)c2cc(Cl)c(OCC(C)C)c(OC)c2)C1. The van der Waals surface area contributed by atoms with Crippen molar-refractivity contribution < 1.29 is 28.9 Å². The molecule has 1 N–H and O–H groups in total. The van der Waals surface area contributed by atoms with Crippen molar-refractivity contribution >= 4 is 23.5 Å². The highest BCUT2D eigenvalue weighted by Gasteiger charge is 2.46. The first-order valence-corrected chi connectivity index (χ1v) is 9.14. The van der Waals surface area contributed by atoms with E-state index in [1.165, 1.54) is 25.2 Å². The van der Waals surface area contributed by atoms with Crippen LogP contribution in [0.5, 0.6) is 11.5 Å². The third kappa shape index (κ3) is 4.65. The van der Waals surface area contributed by atoms with Crippen molar-refractivity contribution in [2.45, 2.75) is 20.3 Å². The third-order valence-electron chi connectivity index (χ3n) is 4.55. The average molecular weight is 400 g/mol. The fraction of sp³-hybridized carbons (Fsp3) is 0.579. The van der Waals surface area contributed by atoms with Gasteiger partial charge in [-0.2, -0.15) is 0 Å². The van der Waals surface area contributed by atoms with Crippen LogP contribution in [0.3, 0.4) is 0 Å². The number of rotatable bonds is 8. The maximum Gasteiger partial charge on any atom is 0.313 e. The maximum atomic E-state index is 12.9. The molecule has 1 aromatic rings.